The zero-order valence-electron chi connectivity index (χ0n) is 8.22. The van der Waals surface area contributed by atoms with Gasteiger partial charge in [0.15, 0.2) is 0 Å². The molecule has 1 rings (SSSR count). The maximum Gasteiger partial charge on any atom is 0.00697 e. The molecule has 0 radical (unpaired) electrons. The third kappa shape index (κ3) is 2.87. The van der Waals surface area contributed by atoms with E-state index in [0.29, 0.717) is 0 Å². The number of likely N-dealkylation sites (tertiary alicyclic amines) is 1. The fourth-order valence-corrected chi connectivity index (χ4v) is 2.50. The third-order valence-corrected chi connectivity index (χ3v) is 3.69. The maximum atomic E-state index is 2.68. The van der Waals surface area contributed by atoms with Crippen molar-refractivity contribution < 1.29 is 0 Å². The molecule has 0 aliphatic carbocycles. The van der Waals surface area contributed by atoms with E-state index in [9.17, 15) is 0 Å². The van der Waals surface area contributed by atoms with Crippen LogP contribution < -0.4 is 0 Å². The summed E-state index contributed by atoms with van der Waals surface area (Å²) in [6.45, 7) is 6.07. The Kier molecular flexibility index (Phi) is 4.87. The van der Waals surface area contributed by atoms with Gasteiger partial charge in [0.05, 0.1) is 0 Å². The molecule has 0 bridgehead atoms. The van der Waals surface area contributed by atoms with Gasteiger partial charge in [-0.15, -0.1) is 0 Å². The number of hydrogen-bond acceptors (Lipinski definition) is 1. The Balaban J connectivity index is 2.34. The standard InChI is InChI=1S/C10H20IN/c1-9-5-3-6-10(2)12(9)8-4-7-11/h9-10H,3-8H2,1-2H3/t9-,10-/m1/s1. The first-order chi connectivity index (χ1) is 5.75. The van der Waals surface area contributed by atoms with Crippen LogP contribution in [0.3, 0.4) is 0 Å². The Morgan fingerprint density at radius 1 is 1.25 bits per heavy atom. The Hall–Kier alpha value is 0.690. The first kappa shape index (κ1) is 10.8. The van der Waals surface area contributed by atoms with Gasteiger partial charge < -0.3 is 0 Å². The molecule has 1 saturated heterocycles. The fourth-order valence-electron chi connectivity index (χ4n) is 2.16. The van der Waals surface area contributed by atoms with Gasteiger partial charge in [0.2, 0.25) is 0 Å². The zero-order chi connectivity index (χ0) is 8.97. The van der Waals surface area contributed by atoms with Crippen LogP contribution in [0.4, 0.5) is 0 Å². The van der Waals surface area contributed by atoms with Crippen LogP contribution in [0.1, 0.15) is 39.5 Å². The number of rotatable bonds is 3. The second kappa shape index (κ2) is 5.43. The largest absolute Gasteiger partial charge is 0.298 e. The van der Waals surface area contributed by atoms with Crippen molar-refractivity contribution in [1.82, 2.24) is 4.90 Å². The minimum atomic E-state index is 0.830. The maximum absolute atomic E-state index is 2.68. The molecule has 0 N–H and O–H groups in total. The van der Waals surface area contributed by atoms with Crippen LogP contribution in [0, 0.1) is 0 Å². The molecular weight excluding hydrogens is 261 g/mol. The highest BCUT2D eigenvalue weighted by Crippen LogP contribution is 2.22. The van der Waals surface area contributed by atoms with Crippen LogP contribution in [-0.4, -0.2) is 28.0 Å². The van der Waals surface area contributed by atoms with Crippen LogP contribution in [0.25, 0.3) is 0 Å². The van der Waals surface area contributed by atoms with E-state index in [4.69, 9.17) is 0 Å². The van der Waals surface area contributed by atoms with Gasteiger partial charge in [0.1, 0.15) is 0 Å². The summed E-state index contributed by atoms with van der Waals surface area (Å²) in [5.41, 5.74) is 0. The lowest BCUT2D eigenvalue weighted by atomic mass is 9.97. The number of hydrogen-bond donors (Lipinski definition) is 0. The number of alkyl halides is 1. The van der Waals surface area contributed by atoms with Crippen molar-refractivity contribution in [3.8, 4) is 0 Å². The summed E-state index contributed by atoms with van der Waals surface area (Å²) in [6.07, 6.45) is 5.61. The molecule has 0 unspecified atom stereocenters. The van der Waals surface area contributed by atoms with Gasteiger partial charge in [-0.25, -0.2) is 0 Å². The summed E-state index contributed by atoms with van der Waals surface area (Å²) in [5.74, 6) is 0. The molecular formula is C10H20IN. The third-order valence-electron chi connectivity index (χ3n) is 2.93. The van der Waals surface area contributed by atoms with Crippen LogP contribution >= 0.6 is 22.6 Å². The predicted octanol–water partition coefficient (Wildman–Crippen LogP) is 3.07. The van der Waals surface area contributed by atoms with E-state index < -0.39 is 0 Å². The molecule has 0 aromatic carbocycles. The Bertz CT molecular complexity index is 117. The summed E-state index contributed by atoms with van der Waals surface area (Å²) in [6, 6.07) is 1.66. The lowest BCUT2D eigenvalue weighted by Crippen LogP contribution is -2.44. The van der Waals surface area contributed by atoms with Crippen LogP contribution in [-0.2, 0) is 0 Å². The number of nitrogens with zero attached hydrogens (tertiary/aromatic N) is 1. The second-order valence-corrected chi connectivity index (χ2v) is 4.99. The van der Waals surface area contributed by atoms with E-state index in [0.717, 1.165) is 12.1 Å². The van der Waals surface area contributed by atoms with Crippen LogP contribution in [0.2, 0.25) is 0 Å². The molecule has 2 heteroatoms. The summed E-state index contributed by atoms with van der Waals surface area (Å²) in [5, 5.41) is 0. The van der Waals surface area contributed by atoms with E-state index in [1.54, 1.807) is 0 Å². The zero-order valence-corrected chi connectivity index (χ0v) is 10.4. The van der Waals surface area contributed by atoms with E-state index in [-0.39, 0.29) is 0 Å². The van der Waals surface area contributed by atoms with Crippen molar-refractivity contribution in [3.05, 3.63) is 0 Å². The molecule has 0 saturated carbocycles. The minimum absolute atomic E-state index is 0.830. The topological polar surface area (TPSA) is 3.24 Å². The minimum Gasteiger partial charge on any atom is -0.298 e. The first-order valence-electron chi connectivity index (χ1n) is 5.07. The molecule has 72 valence electrons. The van der Waals surface area contributed by atoms with E-state index >= 15 is 0 Å². The quantitative estimate of drug-likeness (QED) is 0.567. The summed E-state index contributed by atoms with van der Waals surface area (Å²) in [7, 11) is 0. The van der Waals surface area contributed by atoms with Crippen molar-refractivity contribution in [2.45, 2.75) is 51.6 Å². The van der Waals surface area contributed by atoms with Gasteiger partial charge in [0.25, 0.3) is 0 Å². The second-order valence-electron chi connectivity index (χ2n) is 3.91. The van der Waals surface area contributed by atoms with Gasteiger partial charge in [-0.3, -0.25) is 4.90 Å². The predicted molar refractivity (Wildman–Crippen MR) is 63.0 cm³/mol. The molecule has 2 atom stereocenters. The van der Waals surface area contributed by atoms with Crippen molar-refractivity contribution in [3.63, 3.8) is 0 Å². The molecule has 0 spiro atoms. The molecule has 12 heavy (non-hydrogen) atoms. The molecule has 1 fully saturated rings. The Labute approximate surface area is 90.0 Å². The molecule has 1 aliphatic heterocycles. The van der Waals surface area contributed by atoms with Crippen LogP contribution in [0.15, 0.2) is 0 Å². The fraction of sp³-hybridized carbons (Fsp3) is 1.00. The highest BCUT2D eigenvalue weighted by Gasteiger charge is 2.23. The van der Waals surface area contributed by atoms with Crippen molar-refractivity contribution in [2.75, 3.05) is 11.0 Å². The SMILES string of the molecule is C[C@@H]1CCC[C@@H](C)N1CCCI. The smallest absolute Gasteiger partial charge is 0.00697 e. The highest BCUT2D eigenvalue weighted by atomic mass is 127. The van der Waals surface area contributed by atoms with E-state index in [2.05, 4.69) is 41.3 Å². The normalized spacial score (nSPS) is 32.2. The van der Waals surface area contributed by atoms with Crippen molar-refractivity contribution >= 4 is 22.6 Å². The molecule has 1 aliphatic rings. The molecule has 0 aromatic rings. The first-order valence-corrected chi connectivity index (χ1v) is 6.60. The van der Waals surface area contributed by atoms with Gasteiger partial charge in [-0.2, -0.15) is 0 Å². The number of halogens is 1. The summed E-state index contributed by atoms with van der Waals surface area (Å²) < 4.78 is 1.30. The van der Waals surface area contributed by atoms with Gasteiger partial charge in [0, 0.05) is 16.5 Å². The average Bonchev–Trinajstić information content (AvgIpc) is 2.04. The van der Waals surface area contributed by atoms with Gasteiger partial charge in [-0.05, 0) is 39.7 Å². The highest BCUT2D eigenvalue weighted by molar-refractivity contribution is 14.1. The van der Waals surface area contributed by atoms with Gasteiger partial charge >= 0.3 is 0 Å². The summed E-state index contributed by atoms with van der Waals surface area (Å²) in [4.78, 5) is 2.68. The Morgan fingerprint density at radius 2 is 1.83 bits per heavy atom. The summed E-state index contributed by atoms with van der Waals surface area (Å²) >= 11 is 2.47. The van der Waals surface area contributed by atoms with E-state index in [1.807, 2.05) is 0 Å². The monoisotopic (exact) mass is 281 g/mol. The van der Waals surface area contributed by atoms with Crippen molar-refractivity contribution in [1.29, 1.82) is 0 Å². The lowest BCUT2D eigenvalue weighted by molar-refractivity contribution is 0.104. The van der Waals surface area contributed by atoms with Crippen molar-refractivity contribution in [2.24, 2.45) is 0 Å². The van der Waals surface area contributed by atoms with Crippen LogP contribution in [0.5, 0.6) is 0 Å². The average molecular weight is 281 g/mol. The Morgan fingerprint density at radius 3 is 2.33 bits per heavy atom. The number of piperidine rings is 1. The molecule has 0 aromatic heterocycles. The van der Waals surface area contributed by atoms with Gasteiger partial charge in [-0.1, -0.05) is 29.0 Å². The molecule has 0 amide bonds. The van der Waals surface area contributed by atoms with E-state index in [1.165, 1.54) is 36.7 Å². The lowest BCUT2D eigenvalue weighted by Gasteiger charge is -2.38. The molecule has 1 heterocycles. The molecule has 1 nitrogen and oxygen atoms in total.